The van der Waals surface area contributed by atoms with Crippen LogP contribution in [0.5, 0.6) is 5.75 Å². The van der Waals surface area contributed by atoms with Crippen LogP contribution in [0.1, 0.15) is 72.7 Å². The summed E-state index contributed by atoms with van der Waals surface area (Å²) < 4.78 is 62.3. The van der Waals surface area contributed by atoms with Crippen molar-refractivity contribution in [1.82, 2.24) is 19.4 Å². The molecule has 3 saturated heterocycles. The Bertz CT molecular complexity index is 2000. The molecule has 3 aliphatic rings. The van der Waals surface area contributed by atoms with Gasteiger partial charge in [-0.2, -0.15) is 0 Å². The number of nitrogens with two attached hydrogens (primary N) is 1. The zero-order valence-electron chi connectivity index (χ0n) is 28.0. The van der Waals surface area contributed by atoms with Crippen LogP contribution in [0.4, 0.5) is 8.78 Å². The van der Waals surface area contributed by atoms with Crippen molar-refractivity contribution in [2.75, 3.05) is 32.1 Å². The van der Waals surface area contributed by atoms with Crippen LogP contribution in [-0.4, -0.2) is 77.9 Å². The Kier molecular flexibility index (Phi) is 9.66. The number of likely N-dealkylation sites (tertiary alicyclic amines) is 1. The number of piperidine rings is 2. The minimum absolute atomic E-state index is 0.0510. The van der Waals surface area contributed by atoms with Crippen molar-refractivity contribution in [3.63, 3.8) is 0 Å². The number of halogens is 3. The lowest BCUT2D eigenvalue weighted by Crippen LogP contribution is -2.49. The molecule has 3 fully saturated rings. The third kappa shape index (κ3) is 6.63. The van der Waals surface area contributed by atoms with E-state index >= 15 is 4.39 Å². The molecule has 13 heteroatoms. The molecule has 0 spiro atoms. The highest BCUT2D eigenvalue weighted by Gasteiger charge is 2.44. The lowest BCUT2D eigenvalue weighted by atomic mass is 9.70. The van der Waals surface area contributed by atoms with E-state index in [1.54, 1.807) is 12.1 Å². The van der Waals surface area contributed by atoms with Crippen LogP contribution >= 0.6 is 11.6 Å². The smallest absolute Gasteiger partial charge is 0.256 e. The summed E-state index contributed by atoms with van der Waals surface area (Å²) in [5, 5.41) is 5.39. The van der Waals surface area contributed by atoms with Crippen molar-refractivity contribution in [3.05, 3.63) is 89.2 Å². The summed E-state index contributed by atoms with van der Waals surface area (Å²) in [5.41, 5.74) is 2.32. The summed E-state index contributed by atoms with van der Waals surface area (Å²) in [5.74, 6) is -1.05. The maximum Gasteiger partial charge on any atom is 0.256 e. The van der Waals surface area contributed by atoms with Crippen molar-refractivity contribution < 1.29 is 26.7 Å². The Balaban J connectivity index is 1.08. The quantitative estimate of drug-likeness (QED) is 0.192. The average Bonchev–Trinajstić information content (AvgIpc) is 3.55. The number of benzene rings is 3. The second kappa shape index (κ2) is 13.9. The second-order valence-electron chi connectivity index (χ2n) is 14.0. The van der Waals surface area contributed by atoms with E-state index in [0.717, 1.165) is 67.7 Å². The first kappa shape index (κ1) is 34.9. The number of hydrogen-bond acceptors (Lipinski definition) is 6. The van der Waals surface area contributed by atoms with Gasteiger partial charge in [0.15, 0.2) is 0 Å². The Morgan fingerprint density at radius 2 is 1.74 bits per heavy atom. The first-order valence-corrected chi connectivity index (χ1v) is 19.4. The molecular formula is C37H42ClF2N5O4S. The van der Waals surface area contributed by atoms with Gasteiger partial charge in [0.1, 0.15) is 34.7 Å². The topological polar surface area (TPSA) is 111 Å². The van der Waals surface area contributed by atoms with Gasteiger partial charge in [-0.25, -0.2) is 27.3 Å². The van der Waals surface area contributed by atoms with E-state index in [9.17, 15) is 17.6 Å². The van der Waals surface area contributed by atoms with Gasteiger partial charge in [-0.3, -0.25) is 9.69 Å². The predicted molar refractivity (Wildman–Crippen MR) is 188 cm³/mol. The minimum Gasteiger partial charge on any atom is -0.491 e. The normalized spacial score (nSPS) is 22.3. The number of para-hydroxylation sites is 2. The predicted octanol–water partition coefficient (Wildman–Crippen LogP) is 6.32. The third-order valence-corrected chi connectivity index (χ3v) is 12.3. The Labute approximate surface area is 296 Å². The number of fused-ring (bicyclic) bond motifs is 3. The van der Waals surface area contributed by atoms with Gasteiger partial charge >= 0.3 is 0 Å². The minimum atomic E-state index is -4.33. The van der Waals surface area contributed by atoms with Crippen LogP contribution in [0.2, 0.25) is 0 Å². The number of alkyl halides is 1. The first-order valence-electron chi connectivity index (χ1n) is 17.3. The van der Waals surface area contributed by atoms with Gasteiger partial charge in [-0.1, -0.05) is 24.3 Å². The maximum absolute atomic E-state index is 15.3. The zero-order valence-corrected chi connectivity index (χ0v) is 29.6. The van der Waals surface area contributed by atoms with Gasteiger partial charge < -0.3 is 14.2 Å². The standard InChI is InChI=1S/C37H42ClF2N5O4S/c1-24-42-32-7-2-3-8-33(32)45(24)29-20-27-9-10-28(21-29)44(27)17-13-37(25-5-4-6-26(39)19-25)11-15-43(16-12-37)36(46)30-22-35(50(41,47)48)34(23-31(30)40)49-18-14-38/h2-8,19,22-23,27-29H,9-18,20-21H2,1H3,(H2,41,47,48). The fourth-order valence-electron chi connectivity index (χ4n) is 8.78. The summed E-state index contributed by atoms with van der Waals surface area (Å²) in [6, 6.07) is 18.1. The number of aromatic nitrogens is 2. The number of nitrogens with zero attached hydrogens (tertiary/aromatic N) is 4. The molecule has 266 valence electrons. The molecule has 4 aromatic rings. The lowest BCUT2D eigenvalue weighted by molar-refractivity contribution is 0.0602. The molecule has 1 aromatic heterocycles. The lowest BCUT2D eigenvalue weighted by Gasteiger charge is -2.45. The van der Waals surface area contributed by atoms with Crippen molar-refractivity contribution >= 4 is 38.6 Å². The van der Waals surface area contributed by atoms with Crippen LogP contribution < -0.4 is 9.88 Å². The molecule has 0 saturated carbocycles. The summed E-state index contributed by atoms with van der Waals surface area (Å²) in [4.78, 5) is 22.2. The van der Waals surface area contributed by atoms with Gasteiger partial charge in [0, 0.05) is 37.3 Å². The molecule has 50 heavy (non-hydrogen) atoms. The Morgan fingerprint density at radius 3 is 2.42 bits per heavy atom. The largest absolute Gasteiger partial charge is 0.491 e. The number of sulfonamides is 1. The monoisotopic (exact) mass is 725 g/mol. The average molecular weight is 726 g/mol. The van der Waals surface area contributed by atoms with Gasteiger partial charge in [-0.05, 0) is 99.7 Å². The van der Waals surface area contributed by atoms with E-state index in [1.807, 2.05) is 12.1 Å². The summed E-state index contributed by atoms with van der Waals surface area (Å²) in [7, 11) is -4.33. The number of ether oxygens (including phenoxy) is 1. The molecule has 0 aliphatic carbocycles. The van der Waals surface area contributed by atoms with E-state index in [4.69, 9.17) is 26.5 Å². The van der Waals surface area contributed by atoms with Gasteiger partial charge in [-0.15, -0.1) is 11.6 Å². The number of hydrogen-bond donors (Lipinski definition) is 1. The number of imidazole rings is 1. The van der Waals surface area contributed by atoms with Crippen LogP contribution in [-0.2, 0) is 15.4 Å². The van der Waals surface area contributed by atoms with Crippen molar-refractivity contribution in [2.24, 2.45) is 5.14 Å². The van der Waals surface area contributed by atoms with E-state index in [2.05, 4.69) is 34.6 Å². The molecule has 0 radical (unpaired) electrons. The molecule has 1 amide bonds. The molecule has 7 rings (SSSR count). The van der Waals surface area contributed by atoms with E-state index < -0.39 is 37.6 Å². The molecule has 2 bridgehead atoms. The van der Waals surface area contributed by atoms with Crippen LogP contribution in [0.15, 0.2) is 65.6 Å². The Hall–Kier alpha value is -3.58. The summed E-state index contributed by atoms with van der Waals surface area (Å²) >= 11 is 5.66. The van der Waals surface area contributed by atoms with Crippen molar-refractivity contribution in [3.8, 4) is 5.75 Å². The van der Waals surface area contributed by atoms with E-state index in [1.165, 1.54) is 16.5 Å². The number of primary sulfonamides is 1. The number of amides is 1. The molecule has 3 aromatic carbocycles. The summed E-state index contributed by atoms with van der Waals surface area (Å²) in [6.45, 7) is 3.48. The fraction of sp³-hybridized carbons (Fsp3) is 0.459. The number of aryl methyl sites for hydroxylation is 1. The number of carbonyl (C=O) groups excluding carboxylic acids is 1. The van der Waals surface area contributed by atoms with Crippen molar-refractivity contribution in [2.45, 2.75) is 80.3 Å². The summed E-state index contributed by atoms with van der Waals surface area (Å²) in [6.07, 6.45) is 6.28. The molecule has 2 atom stereocenters. The van der Waals surface area contributed by atoms with Crippen LogP contribution in [0, 0.1) is 18.6 Å². The third-order valence-electron chi connectivity index (χ3n) is 11.2. The fourth-order valence-corrected chi connectivity index (χ4v) is 9.54. The number of rotatable bonds is 10. The SMILES string of the molecule is Cc1nc2ccccc2n1C1CC2CCC(C1)N2CCC1(c2cccc(F)c2)CCN(C(=O)c2cc(S(N)(=O)=O)c(OCCCl)cc2F)CC1. The highest BCUT2D eigenvalue weighted by Crippen LogP contribution is 2.45. The Morgan fingerprint density at radius 1 is 1.02 bits per heavy atom. The first-order chi connectivity index (χ1) is 24.0. The molecule has 4 heterocycles. The molecule has 3 aliphatic heterocycles. The van der Waals surface area contributed by atoms with Gasteiger partial charge in [0.2, 0.25) is 10.0 Å². The van der Waals surface area contributed by atoms with E-state index in [-0.39, 0.29) is 24.1 Å². The molecular weight excluding hydrogens is 684 g/mol. The maximum atomic E-state index is 15.3. The highest BCUT2D eigenvalue weighted by atomic mass is 35.5. The van der Waals surface area contributed by atoms with Gasteiger partial charge in [0.25, 0.3) is 5.91 Å². The molecule has 9 nitrogen and oxygen atoms in total. The molecule has 2 unspecified atom stereocenters. The van der Waals surface area contributed by atoms with Crippen molar-refractivity contribution in [1.29, 1.82) is 0 Å². The zero-order chi connectivity index (χ0) is 35.2. The van der Waals surface area contributed by atoms with Crippen LogP contribution in [0.3, 0.4) is 0 Å². The van der Waals surface area contributed by atoms with Gasteiger partial charge in [0.05, 0.1) is 22.5 Å². The highest BCUT2D eigenvalue weighted by molar-refractivity contribution is 7.89. The van der Waals surface area contributed by atoms with E-state index in [0.29, 0.717) is 44.1 Å². The molecule has 2 N–H and O–H groups in total. The van der Waals surface area contributed by atoms with Crippen LogP contribution in [0.25, 0.3) is 11.0 Å². The number of carbonyl (C=O) groups is 1. The second-order valence-corrected chi connectivity index (χ2v) is 15.9.